The molecule has 0 radical (unpaired) electrons. The van der Waals surface area contributed by atoms with E-state index in [2.05, 4.69) is 13.8 Å². The minimum Gasteiger partial charge on any atom is -0.481 e. The number of aliphatic carboxylic acids is 1. The first-order valence-corrected chi connectivity index (χ1v) is 8.01. The lowest BCUT2D eigenvalue weighted by Crippen LogP contribution is -2.17. The maximum atomic E-state index is 11.7. The number of hydrogen-bond acceptors (Lipinski definition) is 3. The Balaban J connectivity index is 3.57. The van der Waals surface area contributed by atoms with Gasteiger partial charge in [0.05, 0.1) is 0 Å². The molecule has 0 bridgehead atoms. The monoisotopic (exact) mass is 286 g/mol. The highest BCUT2D eigenvalue weighted by molar-refractivity contribution is 5.69. The van der Waals surface area contributed by atoms with Gasteiger partial charge in [0.25, 0.3) is 0 Å². The van der Waals surface area contributed by atoms with E-state index in [1.807, 2.05) is 0 Å². The zero-order chi connectivity index (χ0) is 15.2. The van der Waals surface area contributed by atoms with Crippen molar-refractivity contribution >= 4 is 11.9 Å². The molecule has 0 aliphatic heterocycles. The van der Waals surface area contributed by atoms with E-state index in [1.165, 1.54) is 12.8 Å². The van der Waals surface area contributed by atoms with Crippen LogP contribution in [0.25, 0.3) is 0 Å². The first-order chi connectivity index (χ1) is 9.60. The lowest BCUT2D eigenvalue weighted by atomic mass is 10.1. The molecule has 1 unspecified atom stereocenters. The van der Waals surface area contributed by atoms with E-state index in [0.29, 0.717) is 12.8 Å². The lowest BCUT2D eigenvalue weighted by Gasteiger charge is -2.16. The fourth-order valence-electron chi connectivity index (χ4n) is 2.11. The molecule has 118 valence electrons. The number of unbranched alkanes of at least 4 members (excludes halogenated alkanes) is 5. The number of carboxylic acid groups (broad SMARTS) is 1. The Kier molecular flexibility index (Phi) is 12.3. The Morgan fingerprint density at radius 3 is 2.15 bits per heavy atom. The van der Waals surface area contributed by atoms with E-state index in [0.717, 1.165) is 38.5 Å². The van der Waals surface area contributed by atoms with Gasteiger partial charge in [0.2, 0.25) is 0 Å². The molecule has 0 aliphatic carbocycles. The van der Waals surface area contributed by atoms with Crippen LogP contribution in [0.2, 0.25) is 0 Å². The summed E-state index contributed by atoms with van der Waals surface area (Å²) in [6.45, 7) is 4.22. The molecule has 0 aliphatic rings. The van der Waals surface area contributed by atoms with Gasteiger partial charge >= 0.3 is 11.9 Å². The van der Waals surface area contributed by atoms with Gasteiger partial charge < -0.3 is 9.84 Å². The number of ether oxygens (including phenoxy) is 1. The Hall–Kier alpha value is -1.06. The molecule has 1 atom stereocenters. The summed E-state index contributed by atoms with van der Waals surface area (Å²) >= 11 is 0. The van der Waals surface area contributed by atoms with Gasteiger partial charge in [0.15, 0.2) is 0 Å². The molecule has 0 amide bonds. The summed E-state index contributed by atoms with van der Waals surface area (Å²) in [6.07, 6.45) is 9.35. The van der Waals surface area contributed by atoms with Crippen LogP contribution in [-0.4, -0.2) is 23.1 Å². The zero-order valence-corrected chi connectivity index (χ0v) is 13.0. The van der Waals surface area contributed by atoms with E-state index in [1.54, 1.807) is 0 Å². The topological polar surface area (TPSA) is 63.6 Å². The van der Waals surface area contributed by atoms with Crippen LogP contribution in [0.4, 0.5) is 0 Å². The molecular weight excluding hydrogens is 256 g/mol. The van der Waals surface area contributed by atoms with Gasteiger partial charge in [-0.2, -0.15) is 0 Å². The summed E-state index contributed by atoms with van der Waals surface area (Å²) in [4.78, 5) is 22.0. The summed E-state index contributed by atoms with van der Waals surface area (Å²) in [5.41, 5.74) is 0. The van der Waals surface area contributed by atoms with E-state index in [9.17, 15) is 9.59 Å². The van der Waals surface area contributed by atoms with Crippen molar-refractivity contribution in [1.29, 1.82) is 0 Å². The molecule has 1 N–H and O–H groups in total. The Labute approximate surface area is 122 Å². The van der Waals surface area contributed by atoms with E-state index < -0.39 is 5.97 Å². The molecule has 0 saturated heterocycles. The number of carbonyl (C=O) groups excluding carboxylic acids is 1. The lowest BCUT2D eigenvalue weighted by molar-refractivity contribution is -0.149. The van der Waals surface area contributed by atoms with Crippen LogP contribution in [-0.2, 0) is 14.3 Å². The summed E-state index contributed by atoms with van der Waals surface area (Å²) in [5.74, 6) is -0.853. The van der Waals surface area contributed by atoms with Crippen LogP contribution in [0.3, 0.4) is 0 Å². The molecule has 0 aromatic carbocycles. The third-order valence-corrected chi connectivity index (χ3v) is 3.40. The van der Waals surface area contributed by atoms with Crippen LogP contribution in [0, 0.1) is 0 Å². The average molecular weight is 286 g/mol. The fourth-order valence-corrected chi connectivity index (χ4v) is 2.11. The standard InChI is InChI=1S/C16H30O4/c1-3-5-8-11-14(4-2)20-16(19)13-10-7-6-9-12-15(17)18/h14H,3-13H2,1-2H3,(H,17,18). The van der Waals surface area contributed by atoms with E-state index in [-0.39, 0.29) is 18.5 Å². The maximum absolute atomic E-state index is 11.7. The second kappa shape index (κ2) is 12.9. The molecule has 0 heterocycles. The van der Waals surface area contributed by atoms with Crippen molar-refractivity contribution in [3.8, 4) is 0 Å². The highest BCUT2D eigenvalue weighted by Gasteiger charge is 2.11. The highest BCUT2D eigenvalue weighted by atomic mass is 16.5. The largest absolute Gasteiger partial charge is 0.481 e. The highest BCUT2D eigenvalue weighted by Crippen LogP contribution is 2.12. The van der Waals surface area contributed by atoms with Gasteiger partial charge in [-0.15, -0.1) is 0 Å². The van der Waals surface area contributed by atoms with Crippen LogP contribution in [0.1, 0.15) is 84.5 Å². The van der Waals surface area contributed by atoms with Crippen molar-refractivity contribution in [3.05, 3.63) is 0 Å². The molecule has 0 saturated carbocycles. The van der Waals surface area contributed by atoms with Gasteiger partial charge in [0, 0.05) is 12.8 Å². The van der Waals surface area contributed by atoms with E-state index in [4.69, 9.17) is 9.84 Å². The molecule has 0 fully saturated rings. The zero-order valence-electron chi connectivity index (χ0n) is 13.0. The first kappa shape index (κ1) is 18.9. The summed E-state index contributed by atoms with van der Waals surface area (Å²) in [7, 11) is 0. The Bertz CT molecular complexity index is 263. The summed E-state index contributed by atoms with van der Waals surface area (Å²) in [6, 6.07) is 0. The number of esters is 1. The number of hydrogen-bond donors (Lipinski definition) is 1. The summed E-state index contributed by atoms with van der Waals surface area (Å²) < 4.78 is 5.46. The smallest absolute Gasteiger partial charge is 0.306 e. The molecule has 0 spiro atoms. The Morgan fingerprint density at radius 2 is 1.60 bits per heavy atom. The number of rotatable bonds is 13. The van der Waals surface area contributed by atoms with Gasteiger partial charge in [-0.3, -0.25) is 9.59 Å². The molecule has 4 nitrogen and oxygen atoms in total. The minimum atomic E-state index is -0.748. The normalized spacial score (nSPS) is 12.1. The quantitative estimate of drug-likeness (QED) is 0.404. The predicted octanol–water partition coefficient (Wildman–Crippen LogP) is 4.31. The molecule has 0 aromatic rings. The van der Waals surface area contributed by atoms with Crippen molar-refractivity contribution in [3.63, 3.8) is 0 Å². The van der Waals surface area contributed by atoms with Crippen LogP contribution < -0.4 is 0 Å². The molecular formula is C16H30O4. The second-order valence-corrected chi connectivity index (χ2v) is 5.32. The second-order valence-electron chi connectivity index (χ2n) is 5.32. The van der Waals surface area contributed by atoms with Crippen LogP contribution in [0.15, 0.2) is 0 Å². The van der Waals surface area contributed by atoms with Crippen LogP contribution >= 0.6 is 0 Å². The van der Waals surface area contributed by atoms with Crippen molar-refractivity contribution in [2.75, 3.05) is 0 Å². The van der Waals surface area contributed by atoms with Crippen molar-refractivity contribution in [2.45, 2.75) is 90.6 Å². The first-order valence-electron chi connectivity index (χ1n) is 8.01. The van der Waals surface area contributed by atoms with Crippen molar-refractivity contribution < 1.29 is 19.4 Å². The Morgan fingerprint density at radius 1 is 0.950 bits per heavy atom. The third-order valence-electron chi connectivity index (χ3n) is 3.40. The SMILES string of the molecule is CCCCCC(CC)OC(=O)CCCCCCC(=O)O. The average Bonchev–Trinajstić information content (AvgIpc) is 2.41. The molecule has 0 rings (SSSR count). The van der Waals surface area contributed by atoms with Gasteiger partial charge in [-0.25, -0.2) is 0 Å². The predicted molar refractivity (Wildman–Crippen MR) is 79.7 cm³/mol. The fraction of sp³-hybridized carbons (Fsp3) is 0.875. The summed E-state index contributed by atoms with van der Waals surface area (Å²) in [5, 5.41) is 8.50. The molecule has 0 aromatic heterocycles. The maximum Gasteiger partial charge on any atom is 0.306 e. The van der Waals surface area contributed by atoms with Gasteiger partial charge in [-0.05, 0) is 32.1 Å². The van der Waals surface area contributed by atoms with Gasteiger partial charge in [-0.1, -0.05) is 39.5 Å². The third kappa shape index (κ3) is 12.0. The minimum absolute atomic E-state index is 0.0704. The van der Waals surface area contributed by atoms with Gasteiger partial charge in [0.1, 0.15) is 6.10 Å². The number of carboxylic acids is 1. The molecule has 20 heavy (non-hydrogen) atoms. The van der Waals surface area contributed by atoms with E-state index >= 15 is 0 Å². The number of carbonyl (C=O) groups is 2. The van der Waals surface area contributed by atoms with Crippen LogP contribution in [0.5, 0.6) is 0 Å². The van der Waals surface area contributed by atoms with Crippen molar-refractivity contribution in [2.24, 2.45) is 0 Å². The van der Waals surface area contributed by atoms with Crippen molar-refractivity contribution in [1.82, 2.24) is 0 Å². The molecule has 4 heteroatoms.